The van der Waals surface area contributed by atoms with Gasteiger partial charge in [0.05, 0.1) is 0 Å². The van der Waals surface area contributed by atoms with Crippen molar-refractivity contribution in [1.82, 2.24) is 9.80 Å². The number of aliphatic hydroxyl groups is 1. The van der Waals surface area contributed by atoms with Crippen LogP contribution in [0.5, 0.6) is 0 Å². The minimum atomic E-state index is -0.158. The number of piperazine rings is 1. The zero-order valence-electron chi connectivity index (χ0n) is 10.7. The quantitative estimate of drug-likeness (QED) is 0.856. The molecule has 1 saturated heterocycles. The van der Waals surface area contributed by atoms with Gasteiger partial charge >= 0.3 is 0 Å². The maximum absolute atomic E-state index is 13.1. The Bertz CT molecular complexity index is 365. The molecular formula is C14H21FN2O. The van der Waals surface area contributed by atoms with Crippen molar-refractivity contribution >= 4 is 0 Å². The van der Waals surface area contributed by atoms with Crippen LogP contribution in [-0.2, 0) is 6.54 Å². The van der Waals surface area contributed by atoms with Crippen molar-refractivity contribution in [2.75, 3.05) is 39.3 Å². The largest absolute Gasteiger partial charge is 0.396 e. The van der Waals surface area contributed by atoms with E-state index in [1.807, 2.05) is 6.07 Å². The topological polar surface area (TPSA) is 26.7 Å². The van der Waals surface area contributed by atoms with Crippen LogP contribution >= 0.6 is 0 Å². The van der Waals surface area contributed by atoms with E-state index in [0.29, 0.717) is 0 Å². The van der Waals surface area contributed by atoms with Gasteiger partial charge in [0.1, 0.15) is 5.82 Å². The summed E-state index contributed by atoms with van der Waals surface area (Å²) in [5.74, 6) is -0.158. The normalized spacial score (nSPS) is 18.1. The highest BCUT2D eigenvalue weighted by molar-refractivity contribution is 5.16. The van der Waals surface area contributed by atoms with Gasteiger partial charge in [-0.2, -0.15) is 0 Å². The molecule has 0 bridgehead atoms. The number of hydrogen-bond acceptors (Lipinski definition) is 3. The molecule has 1 fully saturated rings. The van der Waals surface area contributed by atoms with E-state index in [1.54, 1.807) is 12.1 Å². The average molecular weight is 252 g/mol. The summed E-state index contributed by atoms with van der Waals surface area (Å²) in [7, 11) is 0. The molecule has 0 aromatic heterocycles. The first kappa shape index (κ1) is 13.5. The van der Waals surface area contributed by atoms with Crippen molar-refractivity contribution in [2.45, 2.75) is 13.0 Å². The van der Waals surface area contributed by atoms with E-state index in [9.17, 15) is 4.39 Å². The van der Waals surface area contributed by atoms with Gasteiger partial charge in [-0.1, -0.05) is 12.1 Å². The number of rotatable bonds is 5. The summed E-state index contributed by atoms with van der Waals surface area (Å²) in [6.07, 6.45) is 0.851. The third kappa shape index (κ3) is 4.05. The van der Waals surface area contributed by atoms with Crippen LogP contribution in [0, 0.1) is 5.82 Å². The number of benzene rings is 1. The lowest BCUT2D eigenvalue weighted by Crippen LogP contribution is -2.46. The zero-order chi connectivity index (χ0) is 12.8. The predicted molar refractivity (Wildman–Crippen MR) is 69.8 cm³/mol. The first-order chi connectivity index (χ1) is 8.78. The fraction of sp³-hybridized carbons (Fsp3) is 0.571. The second kappa shape index (κ2) is 6.83. The summed E-state index contributed by atoms with van der Waals surface area (Å²) < 4.78 is 13.1. The van der Waals surface area contributed by atoms with Crippen LogP contribution in [0.25, 0.3) is 0 Å². The average Bonchev–Trinajstić information content (AvgIpc) is 2.38. The predicted octanol–water partition coefficient (Wildman–Crippen LogP) is 1.33. The molecule has 0 saturated carbocycles. The number of hydrogen-bond donors (Lipinski definition) is 1. The Morgan fingerprint density at radius 1 is 1.11 bits per heavy atom. The van der Waals surface area contributed by atoms with Crippen molar-refractivity contribution in [2.24, 2.45) is 0 Å². The van der Waals surface area contributed by atoms with E-state index in [-0.39, 0.29) is 12.4 Å². The molecule has 1 heterocycles. The Kier molecular flexibility index (Phi) is 5.11. The molecule has 1 aliphatic rings. The van der Waals surface area contributed by atoms with E-state index < -0.39 is 0 Å². The summed E-state index contributed by atoms with van der Waals surface area (Å²) in [5.41, 5.74) is 1.04. The third-order valence-electron chi connectivity index (χ3n) is 3.39. The smallest absolute Gasteiger partial charge is 0.123 e. The van der Waals surface area contributed by atoms with Gasteiger partial charge in [-0.25, -0.2) is 4.39 Å². The Labute approximate surface area is 108 Å². The van der Waals surface area contributed by atoms with Crippen LogP contribution < -0.4 is 0 Å². The SMILES string of the molecule is OCCCN1CCN(Cc2cccc(F)c2)CC1. The molecule has 2 rings (SSSR count). The Morgan fingerprint density at radius 3 is 2.50 bits per heavy atom. The van der Waals surface area contributed by atoms with Crippen molar-refractivity contribution < 1.29 is 9.50 Å². The van der Waals surface area contributed by atoms with Gasteiger partial charge in [-0.15, -0.1) is 0 Å². The monoisotopic (exact) mass is 252 g/mol. The number of aliphatic hydroxyl groups excluding tert-OH is 1. The Morgan fingerprint density at radius 2 is 1.83 bits per heavy atom. The molecule has 0 atom stereocenters. The summed E-state index contributed by atoms with van der Waals surface area (Å²) >= 11 is 0. The van der Waals surface area contributed by atoms with Crippen LogP contribution in [-0.4, -0.2) is 54.2 Å². The first-order valence-electron chi connectivity index (χ1n) is 6.58. The van der Waals surface area contributed by atoms with Crippen LogP contribution in [0.4, 0.5) is 4.39 Å². The molecule has 0 amide bonds. The molecule has 3 nitrogen and oxygen atoms in total. The molecule has 1 aromatic carbocycles. The molecule has 0 radical (unpaired) electrons. The van der Waals surface area contributed by atoms with Gasteiger partial charge in [0.2, 0.25) is 0 Å². The highest BCUT2D eigenvalue weighted by Crippen LogP contribution is 2.10. The van der Waals surface area contributed by atoms with Crippen molar-refractivity contribution in [3.63, 3.8) is 0 Å². The van der Waals surface area contributed by atoms with Gasteiger partial charge in [-0.3, -0.25) is 4.90 Å². The molecule has 18 heavy (non-hydrogen) atoms. The molecule has 100 valence electrons. The molecule has 4 heteroatoms. The summed E-state index contributed by atoms with van der Waals surface area (Å²) in [4.78, 5) is 4.72. The van der Waals surface area contributed by atoms with Crippen LogP contribution in [0.3, 0.4) is 0 Å². The van der Waals surface area contributed by atoms with Gasteiger partial charge < -0.3 is 10.0 Å². The van der Waals surface area contributed by atoms with Crippen molar-refractivity contribution in [3.05, 3.63) is 35.6 Å². The molecule has 0 spiro atoms. The molecule has 1 aliphatic heterocycles. The molecular weight excluding hydrogens is 231 g/mol. The maximum Gasteiger partial charge on any atom is 0.123 e. The van der Waals surface area contributed by atoms with Gasteiger partial charge in [0.25, 0.3) is 0 Å². The van der Waals surface area contributed by atoms with Crippen LogP contribution in [0.2, 0.25) is 0 Å². The fourth-order valence-corrected chi connectivity index (χ4v) is 2.36. The first-order valence-corrected chi connectivity index (χ1v) is 6.58. The lowest BCUT2D eigenvalue weighted by Gasteiger charge is -2.34. The zero-order valence-corrected chi connectivity index (χ0v) is 10.7. The van der Waals surface area contributed by atoms with Gasteiger partial charge in [0.15, 0.2) is 0 Å². The van der Waals surface area contributed by atoms with E-state index in [2.05, 4.69) is 9.80 Å². The lowest BCUT2D eigenvalue weighted by atomic mass is 10.2. The molecule has 0 aliphatic carbocycles. The summed E-state index contributed by atoms with van der Waals surface area (Å²) in [6.45, 7) is 6.17. The highest BCUT2D eigenvalue weighted by Gasteiger charge is 2.16. The second-order valence-electron chi connectivity index (χ2n) is 4.82. The lowest BCUT2D eigenvalue weighted by molar-refractivity contribution is 0.120. The van der Waals surface area contributed by atoms with Crippen molar-refractivity contribution in [3.8, 4) is 0 Å². The second-order valence-corrected chi connectivity index (χ2v) is 4.82. The van der Waals surface area contributed by atoms with Crippen LogP contribution in [0.1, 0.15) is 12.0 Å². The van der Waals surface area contributed by atoms with E-state index in [1.165, 1.54) is 6.07 Å². The van der Waals surface area contributed by atoms with E-state index in [0.717, 1.165) is 51.3 Å². The minimum absolute atomic E-state index is 0.158. The van der Waals surface area contributed by atoms with E-state index in [4.69, 9.17) is 5.11 Å². The molecule has 0 unspecified atom stereocenters. The third-order valence-corrected chi connectivity index (χ3v) is 3.39. The number of halogens is 1. The van der Waals surface area contributed by atoms with Crippen LogP contribution in [0.15, 0.2) is 24.3 Å². The maximum atomic E-state index is 13.1. The fourth-order valence-electron chi connectivity index (χ4n) is 2.36. The number of nitrogens with zero attached hydrogens (tertiary/aromatic N) is 2. The van der Waals surface area contributed by atoms with E-state index >= 15 is 0 Å². The minimum Gasteiger partial charge on any atom is -0.396 e. The molecule has 1 aromatic rings. The molecule has 1 N–H and O–H groups in total. The Hall–Kier alpha value is -0.970. The summed E-state index contributed by atoms with van der Waals surface area (Å²) in [5, 5.41) is 8.80. The van der Waals surface area contributed by atoms with Gasteiger partial charge in [0, 0.05) is 45.9 Å². The Balaban J connectivity index is 1.76. The summed E-state index contributed by atoms with van der Waals surface area (Å²) in [6, 6.07) is 6.83. The standard InChI is InChI=1S/C14H21FN2O/c15-14-4-1-3-13(11-14)12-17-8-6-16(7-9-17)5-2-10-18/h1,3-4,11,18H,2,5-10,12H2. The van der Waals surface area contributed by atoms with Gasteiger partial charge in [-0.05, 0) is 24.1 Å². The highest BCUT2D eigenvalue weighted by atomic mass is 19.1. The van der Waals surface area contributed by atoms with Crippen molar-refractivity contribution in [1.29, 1.82) is 0 Å².